The standard InChI is InChI=1S/C23H40NO2.ClH/c1-4-5-6-7-8-9-10-11-15-18-23(25)26-20-19-24(2,3)21-22-16-13-12-14-17-22;/h12-14,16-17H,4-11,15,18-21H2,1-3H3;1H/q+1;/p-1. The third-order valence-corrected chi connectivity index (χ3v) is 4.90. The fourth-order valence-electron chi connectivity index (χ4n) is 3.22. The second-order valence-corrected chi connectivity index (χ2v) is 8.10. The van der Waals surface area contributed by atoms with E-state index in [1.54, 1.807) is 0 Å². The van der Waals surface area contributed by atoms with Crippen LogP contribution < -0.4 is 12.4 Å². The molecule has 27 heavy (non-hydrogen) atoms. The molecule has 0 saturated heterocycles. The van der Waals surface area contributed by atoms with E-state index in [1.165, 1.54) is 50.5 Å². The van der Waals surface area contributed by atoms with E-state index in [2.05, 4.69) is 45.3 Å². The van der Waals surface area contributed by atoms with E-state index >= 15 is 0 Å². The van der Waals surface area contributed by atoms with Crippen molar-refractivity contribution in [2.75, 3.05) is 27.2 Å². The summed E-state index contributed by atoms with van der Waals surface area (Å²) in [4.78, 5) is 11.9. The lowest BCUT2D eigenvalue weighted by molar-refractivity contribution is -0.903. The Morgan fingerprint density at radius 3 is 2.04 bits per heavy atom. The molecule has 3 nitrogen and oxygen atoms in total. The smallest absolute Gasteiger partial charge is 0.305 e. The van der Waals surface area contributed by atoms with Gasteiger partial charge < -0.3 is 21.6 Å². The molecule has 0 saturated carbocycles. The molecule has 156 valence electrons. The van der Waals surface area contributed by atoms with Gasteiger partial charge in [0.2, 0.25) is 0 Å². The molecule has 0 unspecified atom stereocenters. The van der Waals surface area contributed by atoms with E-state index in [-0.39, 0.29) is 18.4 Å². The van der Waals surface area contributed by atoms with Gasteiger partial charge in [-0.2, -0.15) is 0 Å². The van der Waals surface area contributed by atoms with Crippen LogP contribution in [0.3, 0.4) is 0 Å². The van der Waals surface area contributed by atoms with Gasteiger partial charge in [-0.25, -0.2) is 0 Å². The Morgan fingerprint density at radius 1 is 0.889 bits per heavy atom. The van der Waals surface area contributed by atoms with Crippen molar-refractivity contribution in [3.05, 3.63) is 35.9 Å². The van der Waals surface area contributed by atoms with E-state index in [9.17, 15) is 4.79 Å². The predicted octanol–water partition coefficient (Wildman–Crippen LogP) is 2.73. The van der Waals surface area contributed by atoms with Crippen LogP contribution in [-0.2, 0) is 16.1 Å². The molecule has 0 aromatic heterocycles. The number of quaternary nitrogens is 1. The summed E-state index contributed by atoms with van der Waals surface area (Å²) in [5, 5.41) is 0. The van der Waals surface area contributed by atoms with Crippen LogP contribution in [0.5, 0.6) is 0 Å². The lowest BCUT2D eigenvalue weighted by Gasteiger charge is -2.29. The Bertz CT molecular complexity index is 477. The molecule has 4 heteroatoms. The minimum atomic E-state index is -0.0346. The highest BCUT2D eigenvalue weighted by atomic mass is 35.5. The second-order valence-electron chi connectivity index (χ2n) is 8.10. The van der Waals surface area contributed by atoms with Crippen LogP contribution in [0, 0.1) is 0 Å². The summed E-state index contributed by atoms with van der Waals surface area (Å²) >= 11 is 0. The minimum absolute atomic E-state index is 0. The highest BCUT2D eigenvalue weighted by molar-refractivity contribution is 5.69. The first kappa shape index (κ1) is 25.9. The van der Waals surface area contributed by atoms with E-state index in [0.29, 0.717) is 13.0 Å². The highest BCUT2D eigenvalue weighted by Gasteiger charge is 2.16. The van der Waals surface area contributed by atoms with Crippen LogP contribution in [-0.4, -0.2) is 37.7 Å². The van der Waals surface area contributed by atoms with E-state index in [1.807, 2.05) is 6.07 Å². The Kier molecular flexibility index (Phi) is 15.3. The molecule has 0 aliphatic rings. The Labute approximate surface area is 173 Å². The number of carbonyl (C=O) groups excluding carboxylic acids is 1. The molecule has 0 aliphatic heterocycles. The third-order valence-electron chi connectivity index (χ3n) is 4.90. The zero-order valence-corrected chi connectivity index (χ0v) is 18.5. The van der Waals surface area contributed by atoms with Crippen LogP contribution in [0.25, 0.3) is 0 Å². The second kappa shape index (κ2) is 15.9. The van der Waals surface area contributed by atoms with Crippen LogP contribution in [0.2, 0.25) is 0 Å². The van der Waals surface area contributed by atoms with Crippen molar-refractivity contribution in [3.8, 4) is 0 Å². The maximum atomic E-state index is 11.9. The van der Waals surface area contributed by atoms with Gasteiger partial charge >= 0.3 is 5.97 Å². The summed E-state index contributed by atoms with van der Waals surface area (Å²) in [6.07, 6.45) is 12.0. The molecule has 0 atom stereocenters. The van der Waals surface area contributed by atoms with Gasteiger partial charge in [-0.15, -0.1) is 0 Å². The SMILES string of the molecule is CCCCCCCCCCCC(=O)OCC[N+](C)(C)Cc1ccccc1.[Cl-]. The maximum absolute atomic E-state index is 11.9. The number of hydrogen-bond acceptors (Lipinski definition) is 2. The zero-order valence-electron chi connectivity index (χ0n) is 17.7. The molecule has 0 aliphatic carbocycles. The molecule has 0 spiro atoms. The number of hydrogen-bond donors (Lipinski definition) is 0. The van der Waals surface area contributed by atoms with Gasteiger partial charge in [0.05, 0.1) is 14.1 Å². The summed E-state index contributed by atoms with van der Waals surface area (Å²) in [5.41, 5.74) is 1.32. The molecule has 1 rings (SSSR count). The number of likely N-dealkylation sites (N-methyl/N-ethyl adjacent to an activating group) is 1. The average molecular weight is 398 g/mol. The molecule has 1 aromatic carbocycles. The Hall–Kier alpha value is -1.06. The molecule has 0 amide bonds. The van der Waals surface area contributed by atoms with Crippen molar-refractivity contribution in [2.45, 2.75) is 77.7 Å². The zero-order chi connectivity index (χ0) is 19.1. The summed E-state index contributed by atoms with van der Waals surface area (Å²) in [6.45, 7) is 4.56. The molecule has 0 bridgehead atoms. The molecular formula is C23H40ClNO2. The highest BCUT2D eigenvalue weighted by Crippen LogP contribution is 2.11. The van der Waals surface area contributed by atoms with Crippen LogP contribution >= 0.6 is 0 Å². The quantitative estimate of drug-likeness (QED) is 0.258. The van der Waals surface area contributed by atoms with E-state index < -0.39 is 0 Å². The molecule has 0 radical (unpaired) electrons. The fourth-order valence-corrected chi connectivity index (χ4v) is 3.22. The molecule has 0 fully saturated rings. The van der Waals surface area contributed by atoms with E-state index in [0.717, 1.165) is 30.4 Å². The number of carbonyl (C=O) groups is 1. The Morgan fingerprint density at radius 2 is 1.44 bits per heavy atom. The van der Waals surface area contributed by atoms with Crippen LogP contribution in [0.1, 0.15) is 76.7 Å². The number of halogens is 1. The Balaban J connectivity index is 0.00000676. The van der Waals surface area contributed by atoms with Crippen molar-refractivity contribution in [2.24, 2.45) is 0 Å². The van der Waals surface area contributed by atoms with Crippen LogP contribution in [0.15, 0.2) is 30.3 Å². The third kappa shape index (κ3) is 14.6. The minimum Gasteiger partial charge on any atom is -1.00 e. The van der Waals surface area contributed by atoms with Crippen molar-refractivity contribution in [3.63, 3.8) is 0 Å². The normalized spacial score (nSPS) is 11.1. The van der Waals surface area contributed by atoms with Gasteiger partial charge in [0.1, 0.15) is 19.7 Å². The van der Waals surface area contributed by atoms with E-state index in [4.69, 9.17) is 4.74 Å². The largest absolute Gasteiger partial charge is 1.00 e. The first-order valence-corrected chi connectivity index (χ1v) is 10.5. The van der Waals surface area contributed by atoms with Crippen LogP contribution in [0.4, 0.5) is 0 Å². The van der Waals surface area contributed by atoms with Gasteiger partial charge in [0, 0.05) is 12.0 Å². The first-order valence-electron chi connectivity index (χ1n) is 10.5. The molecule has 1 aromatic rings. The molecular weight excluding hydrogens is 358 g/mol. The van der Waals surface area contributed by atoms with Gasteiger partial charge in [-0.3, -0.25) is 4.79 Å². The van der Waals surface area contributed by atoms with Crippen molar-refractivity contribution in [1.29, 1.82) is 0 Å². The molecule has 0 N–H and O–H groups in total. The maximum Gasteiger partial charge on any atom is 0.305 e. The lowest BCUT2D eigenvalue weighted by atomic mass is 10.1. The van der Waals surface area contributed by atoms with Crippen molar-refractivity contribution >= 4 is 5.97 Å². The van der Waals surface area contributed by atoms with Gasteiger partial charge in [-0.05, 0) is 6.42 Å². The number of esters is 1. The number of rotatable bonds is 15. The number of benzene rings is 1. The number of ether oxygens (including phenoxy) is 1. The summed E-state index contributed by atoms with van der Waals surface area (Å²) in [5.74, 6) is -0.0346. The summed E-state index contributed by atoms with van der Waals surface area (Å²) in [6, 6.07) is 10.5. The number of unbranched alkanes of at least 4 members (excludes halogenated alkanes) is 8. The van der Waals surface area contributed by atoms with Gasteiger partial charge in [-0.1, -0.05) is 88.6 Å². The van der Waals surface area contributed by atoms with Gasteiger partial charge in [0.15, 0.2) is 0 Å². The average Bonchev–Trinajstić information content (AvgIpc) is 2.60. The van der Waals surface area contributed by atoms with Gasteiger partial charge in [0.25, 0.3) is 0 Å². The number of nitrogens with zero attached hydrogens (tertiary/aromatic N) is 1. The first-order chi connectivity index (χ1) is 12.5. The van der Waals surface area contributed by atoms with Crippen molar-refractivity contribution in [1.82, 2.24) is 0 Å². The summed E-state index contributed by atoms with van der Waals surface area (Å²) in [7, 11) is 4.36. The lowest BCUT2D eigenvalue weighted by Crippen LogP contribution is -3.00. The summed E-state index contributed by atoms with van der Waals surface area (Å²) < 4.78 is 6.26. The fraction of sp³-hybridized carbons (Fsp3) is 0.696. The predicted molar refractivity (Wildman–Crippen MR) is 110 cm³/mol. The van der Waals surface area contributed by atoms with Crippen molar-refractivity contribution < 1.29 is 26.4 Å². The monoisotopic (exact) mass is 397 g/mol. The topological polar surface area (TPSA) is 26.3 Å². The molecule has 0 heterocycles.